The van der Waals surface area contributed by atoms with Crippen LogP contribution in [0.3, 0.4) is 0 Å². The van der Waals surface area contributed by atoms with E-state index in [2.05, 4.69) is 5.09 Å². The van der Waals surface area contributed by atoms with Crippen LogP contribution in [0, 0.1) is 0 Å². The Morgan fingerprint density at radius 2 is 1.83 bits per heavy atom. The highest BCUT2D eigenvalue weighted by molar-refractivity contribution is 7.52. The lowest BCUT2D eigenvalue weighted by Gasteiger charge is -2.32. The van der Waals surface area contributed by atoms with Gasteiger partial charge in [0.1, 0.15) is 24.0 Å². The van der Waals surface area contributed by atoms with Crippen molar-refractivity contribution in [3.05, 3.63) is 75.6 Å². The Morgan fingerprint density at radius 1 is 1.14 bits per heavy atom. The number of nitrogens with zero attached hydrogens (tertiary/aromatic N) is 1. The summed E-state index contributed by atoms with van der Waals surface area (Å²) in [6, 6.07) is 11.3. The molecule has 0 amide bonds. The molecule has 1 saturated heterocycles. The van der Waals surface area contributed by atoms with E-state index in [4.69, 9.17) is 18.5 Å². The number of benzene rings is 2. The lowest BCUT2D eigenvalue weighted by atomic mass is 9.96. The molecule has 1 fully saturated rings. The number of esters is 1. The van der Waals surface area contributed by atoms with E-state index in [0.717, 1.165) is 17.6 Å². The number of carbonyl (C=O) groups excluding carboxylic acids is 1. The molecule has 6 atom stereocenters. The van der Waals surface area contributed by atoms with Gasteiger partial charge in [0.05, 0.1) is 12.7 Å². The van der Waals surface area contributed by atoms with Gasteiger partial charge in [0.25, 0.3) is 12.0 Å². The third-order valence-electron chi connectivity index (χ3n) is 6.41. The van der Waals surface area contributed by atoms with E-state index in [1.165, 1.54) is 19.1 Å². The smallest absolute Gasteiger partial charge is 0.459 e. The van der Waals surface area contributed by atoms with E-state index in [-0.39, 0.29) is 5.75 Å². The third-order valence-corrected chi connectivity index (χ3v) is 8.04. The van der Waals surface area contributed by atoms with Crippen LogP contribution in [0.5, 0.6) is 5.75 Å². The van der Waals surface area contributed by atoms with Crippen LogP contribution in [0.1, 0.15) is 27.0 Å². The summed E-state index contributed by atoms with van der Waals surface area (Å²) in [4.78, 5) is 38.0. The second kappa shape index (κ2) is 12.4. The fraction of sp³-hybridized carbons (Fsp3) is 0.423. The van der Waals surface area contributed by atoms with Gasteiger partial charge in [-0.3, -0.25) is 23.7 Å². The fourth-order valence-corrected chi connectivity index (χ4v) is 5.81. The average Bonchev–Trinajstić information content (AvgIpc) is 3.17. The summed E-state index contributed by atoms with van der Waals surface area (Å²) < 4.78 is 65.0. The minimum absolute atomic E-state index is 0.00866. The number of hydrogen-bond donors (Lipinski definition) is 4. The first-order valence-electron chi connectivity index (χ1n) is 12.8. The minimum atomic E-state index is -4.73. The number of rotatable bonds is 11. The Morgan fingerprint density at radius 3 is 2.48 bits per heavy atom. The largest absolute Gasteiger partial charge is 0.462 e. The van der Waals surface area contributed by atoms with Crippen molar-refractivity contribution in [2.45, 2.75) is 63.4 Å². The van der Waals surface area contributed by atoms with Crippen LogP contribution < -0.4 is 20.9 Å². The molecule has 4 N–H and O–H groups in total. The van der Waals surface area contributed by atoms with Gasteiger partial charge in [-0.1, -0.05) is 30.3 Å². The second-order valence-electron chi connectivity index (χ2n) is 9.92. The molecule has 4 rings (SSSR count). The number of H-pyrrole nitrogens is 1. The monoisotopic (exact) mass is 613 g/mol. The quantitative estimate of drug-likeness (QED) is 0.184. The Bertz CT molecular complexity index is 1600. The van der Waals surface area contributed by atoms with E-state index in [0.29, 0.717) is 9.95 Å². The Labute approximate surface area is 237 Å². The SMILES string of the molecule is CC(C)OC(=O)C(C)NP(=O)(OCC1(C(F)F)OC(n2ccc(=O)[nH]c2=O)C(O)C1O)Oc1ccc2ccccc2c1. The van der Waals surface area contributed by atoms with Gasteiger partial charge in [-0.15, -0.1) is 0 Å². The number of halogens is 2. The van der Waals surface area contributed by atoms with Gasteiger partial charge in [-0.05, 0) is 43.7 Å². The Balaban J connectivity index is 1.65. The van der Waals surface area contributed by atoms with Crippen molar-refractivity contribution < 1.29 is 46.9 Å². The minimum Gasteiger partial charge on any atom is -0.462 e. The molecule has 0 aliphatic carbocycles. The lowest BCUT2D eigenvalue weighted by molar-refractivity contribution is -0.192. The molecule has 2 heterocycles. The molecule has 1 aromatic heterocycles. The van der Waals surface area contributed by atoms with E-state index in [1.54, 1.807) is 38.1 Å². The maximum absolute atomic E-state index is 14.5. The summed E-state index contributed by atoms with van der Waals surface area (Å²) in [5, 5.41) is 25.1. The lowest BCUT2D eigenvalue weighted by Crippen LogP contribution is -2.53. The van der Waals surface area contributed by atoms with Crippen molar-refractivity contribution in [1.29, 1.82) is 0 Å². The van der Waals surface area contributed by atoms with Crippen LogP contribution in [-0.4, -0.2) is 68.7 Å². The number of nitrogens with one attached hydrogen (secondary N) is 2. The summed E-state index contributed by atoms with van der Waals surface area (Å²) in [6.07, 6.45) is -9.53. The highest BCUT2D eigenvalue weighted by Gasteiger charge is 2.61. The van der Waals surface area contributed by atoms with Crippen molar-refractivity contribution in [3.8, 4) is 5.75 Å². The van der Waals surface area contributed by atoms with Gasteiger partial charge in [0.2, 0.25) is 0 Å². The molecule has 0 spiro atoms. The molecule has 1 aliphatic heterocycles. The number of aliphatic hydroxyl groups excluding tert-OH is 2. The molecular formula is C26H30F2N3O10P. The molecule has 16 heteroatoms. The average molecular weight is 614 g/mol. The van der Waals surface area contributed by atoms with E-state index in [1.807, 2.05) is 11.1 Å². The zero-order chi connectivity index (χ0) is 30.8. The first-order chi connectivity index (χ1) is 19.7. The van der Waals surface area contributed by atoms with Crippen molar-refractivity contribution in [2.24, 2.45) is 0 Å². The van der Waals surface area contributed by atoms with Crippen LogP contribution in [0.25, 0.3) is 10.8 Å². The number of aliphatic hydroxyl groups is 2. The molecule has 3 aromatic rings. The maximum atomic E-state index is 14.5. The van der Waals surface area contributed by atoms with E-state index >= 15 is 0 Å². The molecule has 0 radical (unpaired) electrons. The first-order valence-corrected chi connectivity index (χ1v) is 14.3. The second-order valence-corrected chi connectivity index (χ2v) is 11.6. The molecule has 0 bridgehead atoms. The predicted octanol–water partition coefficient (Wildman–Crippen LogP) is 2.08. The van der Waals surface area contributed by atoms with Gasteiger partial charge in [0.15, 0.2) is 11.8 Å². The zero-order valence-electron chi connectivity index (χ0n) is 22.7. The van der Waals surface area contributed by atoms with Crippen LogP contribution in [-0.2, 0) is 23.4 Å². The van der Waals surface area contributed by atoms with E-state index in [9.17, 15) is 37.9 Å². The summed E-state index contributed by atoms with van der Waals surface area (Å²) in [5.41, 5.74) is -4.92. The molecule has 1 aliphatic rings. The van der Waals surface area contributed by atoms with Crippen LogP contribution >= 0.6 is 7.75 Å². The van der Waals surface area contributed by atoms with Crippen molar-refractivity contribution in [1.82, 2.24) is 14.6 Å². The third kappa shape index (κ3) is 6.61. The molecule has 0 saturated carbocycles. The first kappa shape index (κ1) is 31.5. The number of hydrogen-bond acceptors (Lipinski definition) is 10. The van der Waals surface area contributed by atoms with Gasteiger partial charge < -0.3 is 24.2 Å². The molecule has 228 valence electrons. The van der Waals surface area contributed by atoms with Gasteiger partial charge >= 0.3 is 19.4 Å². The Kier molecular flexibility index (Phi) is 9.30. The zero-order valence-corrected chi connectivity index (χ0v) is 23.6. The normalized spacial score (nSPS) is 24.5. The summed E-state index contributed by atoms with van der Waals surface area (Å²) in [5.74, 6) is -0.852. The summed E-state index contributed by atoms with van der Waals surface area (Å²) >= 11 is 0. The van der Waals surface area contributed by atoms with Crippen LogP contribution in [0.2, 0.25) is 0 Å². The fourth-order valence-electron chi connectivity index (χ4n) is 4.28. The number of alkyl halides is 2. The van der Waals surface area contributed by atoms with Gasteiger partial charge in [0, 0.05) is 12.3 Å². The number of ether oxygens (including phenoxy) is 2. The van der Waals surface area contributed by atoms with Gasteiger partial charge in [-0.2, -0.15) is 5.09 Å². The summed E-state index contributed by atoms with van der Waals surface area (Å²) in [6.45, 7) is 3.14. The van der Waals surface area contributed by atoms with Crippen LogP contribution in [0.4, 0.5) is 8.78 Å². The highest BCUT2D eigenvalue weighted by atomic mass is 31.2. The molecule has 42 heavy (non-hydrogen) atoms. The highest BCUT2D eigenvalue weighted by Crippen LogP contribution is 2.49. The number of aromatic nitrogens is 2. The van der Waals surface area contributed by atoms with Gasteiger partial charge in [-0.25, -0.2) is 18.1 Å². The number of carbonyl (C=O) groups is 1. The van der Waals surface area contributed by atoms with Crippen molar-refractivity contribution >= 4 is 24.5 Å². The molecule has 6 unspecified atom stereocenters. The van der Waals surface area contributed by atoms with E-state index < -0.39 is 74.2 Å². The van der Waals surface area contributed by atoms with Crippen LogP contribution in [0.15, 0.2) is 64.3 Å². The molecular weight excluding hydrogens is 583 g/mol. The summed E-state index contributed by atoms with van der Waals surface area (Å²) in [7, 11) is -4.73. The standard InChI is InChI=1S/C26H30F2N3O10P/c1-14(2)39-23(35)15(3)30-42(37,41-18-9-8-16-6-4-5-7-17(16)12-18)38-13-26(24(27)28)21(34)20(33)22(40-26)31-11-10-19(32)29-25(31)36/h4-12,14-15,20-22,24,33-34H,13H2,1-3H3,(H,30,37)(H,29,32,36). The predicted molar refractivity (Wildman–Crippen MR) is 144 cm³/mol. The van der Waals surface area contributed by atoms with Crippen molar-refractivity contribution in [3.63, 3.8) is 0 Å². The maximum Gasteiger partial charge on any atom is 0.459 e. The topological polar surface area (TPSA) is 178 Å². The molecule has 2 aromatic carbocycles. The Hall–Kier alpha value is -3.46. The number of fused-ring (bicyclic) bond motifs is 1. The molecule has 13 nitrogen and oxygen atoms in total. The van der Waals surface area contributed by atoms with Crippen molar-refractivity contribution in [2.75, 3.05) is 6.61 Å². The number of aromatic amines is 1.